The van der Waals surface area contributed by atoms with Crippen LogP contribution >= 0.6 is 0 Å². The van der Waals surface area contributed by atoms with Crippen LogP contribution in [0.3, 0.4) is 0 Å². The normalized spacial score (nSPS) is 15.5. The van der Waals surface area contributed by atoms with Crippen molar-refractivity contribution in [1.29, 1.82) is 0 Å². The largest absolute Gasteiger partial charge is 0.497 e. The first-order valence-corrected chi connectivity index (χ1v) is 7.44. The number of hydrogen-bond acceptors (Lipinski definition) is 3. The molecule has 0 amide bonds. The van der Waals surface area contributed by atoms with Crippen LogP contribution in [0.2, 0.25) is 0 Å². The van der Waals surface area contributed by atoms with E-state index in [4.69, 9.17) is 9.47 Å². The fraction of sp³-hybridized carbons (Fsp3) is 0.150. The van der Waals surface area contributed by atoms with Crippen LogP contribution in [-0.4, -0.2) is 13.1 Å². The zero-order valence-electron chi connectivity index (χ0n) is 13.4. The van der Waals surface area contributed by atoms with Crippen molar-refractivity contribution in [3.8, 4) is 5.75 Å². The highest BCUT2D eigenvalue weighted by Gasteiger charge is 2.22. The van der Waals surface area contributed by atoms with Gasteiger partial charge in [-0.2, -0.15) is 0 Å². The summed E-state index contributed by atoms with van der Waals surface area (Å²) in [7, 11) is 1.63. The van der Waals surface area contributed by atoms with E-state index in [-0.39, 0.29) is 5.97 Å². The van der Waals surface area contributed by atoms with Gasteiger partial charge in [0.25, 0.3) is 0 Å². The Labute approximate surface area is 135 Å². The molecule has 0 aliphatic carbocycles. The van der Waals surface area contributed by atoms with E-state index in [1.54, 1.807) is 13.2 Å². The number of hydrogen-bond donors (Lipinski definition) is 0. The highest BCUT2D eigenvalue weighted by Crippen LogP contribution is 2.28. The van der Waals surface area contributed by atoms with Gasteiger partial charge in [-0.15, -0.1) is 0 Å². The molecule has 23 heavy (non-hydrogen) atoms. The van der Waals surface area contributed by atoms with Crippen molar-refractivity contribution >= 4 is 17.8 Å². The lowest BCUT2D eigenvalue weighted by atomic mass is 10.0. The minimum atomic E-state index is -0.325. The van der Waals surface area contributed by atoms with E-state index in [1.807, 2.05) is 55.5 Å². The van der Waals surface area contributed by atoms with Crippen LogP contribution in [0.4, 0.5) is 0 Å². The number of carbonyl (C=O) groups is 1. The molecule has 1 aliphatic heterocycles. The number of ether oxygens (including phenoxy) is 2. The number of cyclic esters (lactones) is 1. The van der Waals surface area contributed by atoms with Gasteiger partial charge < -0.3 is 9.47 Å². The summed E-state index contributed by atoms with van der Waals surface area (Å²) in [6.45, 7) is 4.10. The number of benzene rings is 2. The van der Waals surface area contributed by atoms with Gasteiger partial charge in [-0.3, -0.25) is 0 Å². The maximum atomic E-state index is 12.1. The molecule has 1 heterocycles. The first-order valence-electron chi connectivity index (χ1n) is 7.44. The van der Waals surface area contributed by atoms with Crippen LogP contribution in [0.25, 0.3) is 11.8 Å². The number of esters is 1. The zero-order chi connectivity index (χ0) is 16.4. The number of aryl methyl sites for hydroxylation is 2. The summed E-state index contributed by atoms with van der Waals surface area (Å²) < 4.78 is 10.5. The summed E-state index contributed by atoms with van der Waals surface area (Å²) in [5, 5.41) is 0. The van der Waals surface area contributed by atoms with Crippen molar-refractivity contribution in [3.05, 3.63) is 76.4 Å². The van der Waals surface area contributed by atoms with E-state index in [0.717, 1.165) is 16.9 Å². The summed E-state index contributed by atoms with van der Waals surface area (Å²) in [4.78, 5) is 12.1. The fourth-order valence-corrected chi connectivity index (χ4v) is 2.41. The van der Waals surface area contributed by atoms with E-state index in [2.05, 4.69) is 6.92 Å². The Balaban J connectivity index is 1.90. The van der Waals surface area contributed by atoms with Crippen LogP contribution in [0.5, 0.6) is 5.75 Å². The van der Waals surface area contributed by atoms with Gasteiger partial charge in [-0.1, -0.05) is 24.3 Å². The molecule has 0 bridgehead atoms. The second kappa shape index (κ2) is 6.13. The first-order chi connectivity index (χ1) is 11.1. The molecule has 2 aromatic rings. The molecule has 3 heteroatoms. The molecule has 3 rings (SSSR count). The van der Waals surface area contributed by atoms with Crippen LogP contribution < -0.4 is 4.74 Å². The minimum absolute atomic E-state index is 0.325. The summed E-state index contributed by atoms with van der Waals surface area (Å²) in [5.74, 6) is 1.06. The smallest absolute Gasteiger partial charge is 0.343 e. The van der Waals surface area contributed by atoms with Gasteiger partial charge in [0.2, 0.25) is 0 Å². The predicted octanol–water partition coefficient (Wildman–Crippen LogP) is 4.29. The zero-order valence-corrected chi connectivity index (χ0v) is 13.4. The van der Waals surface area contributed by atoms with Crippen LogP contribution in [-0.2, 0) is 9.53 Å². The molecule has 0 atom stereocenters. The summed E-state index contributed by atoms with van der Waals surface area (Å²) in [5.41, 5.74) is 4.78. The molecule has 0 radical (unpaired) electrons. The summed E-state index contributed by atoms with van der Waals surface area (Å²) in [6, 6.07) is 13.6. The van der Waals surface area contributed by atoms with Crippen molar-refractivity contribution in [2.24, 2.45) is 0 Å². The van der Waals surface area contributed by atoms with Gasteiger partial charge in [-0.25, -0.2) is 4.79 Å². The molecule has 0 N–H and O–H groups in total. The molecule has 2 aromatic carbocycles. The second-order valence-electron chi connectivity index (χ2n) is 5.57. The molecule has 0 saturated heterocycles. The highest BCUT2D eigenvalue weighted by molar-refractivity contribution is 6.05. The van der Waals surface area contributed by atoms with Crippen molar-refractivity contribution in [3.63, 3.8) is 0 Å². The van der Waals surface area contributed by atoms with Gasteiger partial charge in [0, 0.05) is 5.56 Å². The van der Waals surface area contributed by atoms with E-state index < -0.39 is 0 Å². The lowest BCUT2D eigenvalue weighted by Crippen LogP contribution is -1.97. The van der Waals surface area contributed by atoms with Crippen molar-refractivity contribution < 1.29 is 14.3 Å². The third kappa shape index (κ3) is 3.19. The standard InChI is InChI=1S/C20H18O3/c1-13-4-7-16(10-14(13)2)19-12-17(20(21)23-19)11-15-5-8-18(22-3)9-6-15/h4-12H,1-3H3/b17-11-. The Morgan fingerprint density at radius 1 is 1.00 bits per heavy atom. The van der Waals surface area contributed by atoms with Crippen LogP contribution in [0.1, 0.15) is 22.3 Å². The molecule has 1 aliphatic rings. The molecule has 0 spiro atoms. The molecule has 0 aromatic heterocycles. The maximum Gasteiger partial charge on any atom is 0.343 e. The highest BCUT2D eigenvalue weighted by atomic mass is 16.5. The number of carbonyl (C=O) groups excluding carboxylic acids is 1. The lowest BCUT2D eigenvalue weighted by molar-refractivity contribution is -0.130. The number of methoxy groups -OCH3 is 1. The Hall–Kier alpha value is -2.81. The molecule has 3 nitrogen and oxygen atoms in total. The monoisotopic (exact) mass is 306 g/mol. The third-order valence-corrected chi connectivity index (χ3v) is 3.95. The SMILES string of the molecule is COc1ccc(/C=C2/C=C(c3ccc(C)c(C)c3)OC2=O)cc1. The average molecular weight is 306 g/mol. The Morgan fingerprint density at radius 3 is 2.39 bits per heavy atom. The van der Waals surface area contributed by atoms with Crippen LogP contribution in [0, 0.1) is 13.8 Å². The van der Waals surface area contributed by atoms with E-state index in [1.165, 1.54) is 11.1 Å². The van der Waals surface area contributed by atoms with E-state index in [9.17, 15) is 4.79 Å². The Morgan fingerprint density at radius 2 is 1.74 bits per heavy atom. The van der Waals surface area contributed by atoms with Gasteiger partial charge in [-0.05, 0) is 60.9 Å². The van der Waals surface area contributed by atoms with Crippen molar-refractivity contribution in [1.82, 2.24) is 0 Å². The molecular formula is C20H18O3. The third-order valence-electron chi connectivity index (χ3n) is 3.95. The van der Waals surface area contributed by atoms with E-state index >= 15 is 0 Å². The predicted molar refractivity (Wildman–Crippen MR) is 91.0 cm³/mol. The van der Waals surface area contributed by atoms with Crippen molar-refractivity contribution in [2.45, 2.75) is 13.8 Å². The lowest BCUT2D eigenvalue weighted by Gasteiger charge is -2.05. The van der Waals surface area contributed by atoms with Gasteiger partial charge in [0.15, 0.2) is 0 Å². The molecular weight excluding hydrogens is 288 g/mol. The summed E-state index contributed by atoms with van der Waals surface area (Å²) in [6.07, 6.45) is 3.60. The maximum absolute atomic E-state index is 12.1. The Kier molecular flexibility index (Phi) is 4.02. The quantitative estimate of drug-likeness (QED) is 0.627. The molecule has 0 saturated carbocycles. The fourth-order valence-electron chi connectivity index (χ4n) is 2.41. The summed E-state index contributed by atoms with van der Waals surface area (Å²) >= 11 is 0. The van der Waals surface area contributed by atoms with E-state index in [0.29, 0.717) is 11.3 Å². The molecule has 0 unspecified atom stereocenters. The minimum Gasteiger partial charge on any atom is -0.497 e. The molecule has 0 fully saturated rings. The topological polar surface area (TPSA) is 35.5 Å². The van der Waals surface area contributed by atoms with Crippen LogP contribution in [0.15, 0.2) is 54.1 Å². The first kappa shape index (κ1) is 15.1. The molecule has 116 valence electrons. The second-order valence-corrected chi connectivity index (χ2v) is 5.57. The van der Waals surface area contributed by atoms with Gasteiger partial charge in [0.1, 0.15) is 11.5 Å². The number of rotatable bonds is 3. The van der Waals surface area contributed by atoms with Gasteiger partial charge >= 0.3 is 5.97 Å². The van der Waals surface area contributed by atoms with Crippen molar-refractivity contribution in [2.75, 3.05) is 7.11 Å². The average Bonchev–Trinajstić information content (AvgIpc) is 2.92. The Bertz CT molecular complexity index is 811. The van der Waals surface area contributed by atoms with Gasteiger partial charge in [0.05, 0.1) is 12.7 Å².